The Bertz CT molecular complexity index is 456. The monoisotopic (exact) mass is 234 g/mol. The van der Waals surface area contributed by atoms with Gasteiger partial charge in [-0.2, -0.15) is 5.26 Å². The lowest BCUT2D eigenvalue weighted by Crippen LogP contribution is -2.43. The number of rotatable bonds is 4. The smallest absolute Gasteiger partial charge is 0.170 e. The van der Waals surface area contributed by atoms with Crippen LogP contribution in [0.15, 0.2) is 18.2 Å². The summed E-state index contributed by atoms with van der Waals surface area (Å²) in [4.78, 5) is 0. The van der Waals surface area contributed by atoms with Gasteiger partial charge in [-0.15, -0.1) is 0 Å². The van der Waals surface area contributed by atoms with E-state index in [1.165, 1.54) is 12.1 Å². The molecular weight excluding hydrogens is 220 g/mol. The molecule has 1 aliphatic heterocycles. The molecule has 2 rings (SSSR count). The van der Waals surface area contributed by atoms with Gasteiger partial charge in [-0.05, 0) is 25.1 Å². The molecule has 5 heteroatoms. The molecule has 0 aliphatic carbocycles. The third kappa shape index (κ3) is 2.05. The lowest BCUT2D eigenvalue weighted by atomic mass is 9.93. The molecule has 0 radical (unpaired) electrons. The highest BCUT2D eigenvalue weighted by molar-refractivity contribution is 5.50. The van der Waals surface area contributed by atoms with E-state index in [0.29, 0.717) is 18.7 Å². The van der Waals surface area contributed by atoms with E-state index in [2.05, 4.69) is 11.4 Å². The minimum Gasteiger partial charge on any atom is -0.508 e. The van der Waals surface area contributed by atoms with E-state index in [-0.39, 0.29) is 19.0 Å². The molecule has 0 saturated heterocycles. The third-order valence-corrected chi connectivity index (χ3v) is 2.82. The Hall–Kier alpha value is -1.77. The van der Waals surface area contributed by atoms with Gasteiger partial charge in [0.2, 0.25) is 0 Å². The molecule has 1 heterocycles. The number of nitrogens with one attached hydrogen (secondary N) is 1. The molecule has 1 aromatic rings. The van der Waals surface area contributed by atoms with Crippen molar-refractivity contribution in [2.45, 2.75) is 12.0 Å². The molecule has 0 bridgehead atoms. The van der Waals surface area contributed by atoms with Crippen LogP contribution in [0.2, 0.25) is 0 Å². The molecule has 0 aromatic heterocycles. The molecular formula is C12H14N2O3. The Morgan fingerprint density at radius 1 is 1.53 bits per heavy atom. The molecule has 5 nitrogen and oxygen atoms in total. The number of nitriles is 1. The Morgan fingerprint density at radius 3 is 3.06 bits per heavy atom. The Kier molecular flexibility index (Phi) is 3.18. The second-order valence-corrected chi connectivity index (χ2v) is 3.99. The predicted octanol–water partition coefficient (Wildman–Crippen LogP) is 0.475. The summed E-state index contributed by atoms with van der Waals surface area (Å²) < 4.78 is 5.41. The molecule has 17 heavy (non-hydrogen) atoms. The van der Waals surface area contributed by atoms with E-state index < -0.39 is 5.54 Å². The number of ether oxygens (including phenoxy) is 1. The second-order valence-electron chi connectivity index (χ2n) is 3.99. The molecule has 1 atom stereocenters. The summed E-state index contributed by atoms with van der Waals surface area (Å²) in [6.07, 6.45) is 0.580. The van der Waals surface area contributed by atoms with Gasteiger partial charge in [0, 0.05) is 18.2 Å². The molecule has 1 aromatic carbocycles. The fourth-order valence-corrected chi connectivity index (χ4v) is 1.91. The molecule has 0 saturated carbocycles. The van der Waals surface area contributed by atoms with Crippen LogP contribution in [0.4, 0.5) is 0 Å². The van der Waals surface area contributed by atoms with E-state index in [9.17, 15) is 10.4 Å². The van der Waals surface area contributed by atoms with Crippen LogP contribution in [0.5, 0.6) is 11.5 Å². The standard InChI is InChI=1S/C12H14N2O3/c13-7-12(14-4-1-5-15)8-17-11-6-9(16)2-3-10(11)12/h2-3,6,14-16H,1,4-5,8H2. The van der Waals surface area contributed by atoms with Gasteiger partial charge in [-0.3, -0.25) is 5.32 Å². The van der Waals surface area contributed by atoms with Gasteiger partial charge in [-0.25, -0.2) is 0 Å². The first-order chi connectivity index (χ1) is 8.22. The Labute approximate surface area is 99.3 Å². The molecule has 1 unspecified atom stereocenters. The number of benzene rings is 1. The van der Waals surface area contributed by atoms with Crippen LogP contribution in [0.3, 0.4) is 0 Å². The largest absolute Gasteiger partial charge is 0.508 e. The van der Waals surface area contributed by atoms with Crippen LogP contribution in [-0.2, 0) is 5.54 Å². The first kappa shape index (κ1) is 11.7. The van der Waals surface area contributed by atoms with Crippen LogP contribution in [0.1, 0.15) is 12.0 Å². The van der Waals surface area contributed by atoms with Crippen LogP contribution in [0, 0.1) is 11.3 Å². The van der Waals surface area contributed by atoms with Crippen molar-refractivity contribution >= 4 is 0 Å². The first-order valence-electron chi connectivity index (χ1n) is 5.45. The summed E-state index contributed by atoms with van der Waals surface area (Å²) in [7, 11) is 0. The number of aliphatic hydroxyl groups excluding tert-OH is 1. The molecule has 0 fully saturated rings. The highest BCUT2D eigenvalue weighted by atomic mass is 16.5. The maximum atomic E-state index is 9.34. The van der Waals surface area contributed by atoms with Crippen LogP contribution >= 0.6 is 0 Å². The van der Waals surface area contributed by atoms with Crippen molar-refractivity contribution in [2.24, 2.45) is 0 Å². The zero-order chi connectivity index (χ0) is 12.3. The van der Waals surface area contributed by atoms with Gasteiger partial charge in [0.15, 0.2) is 5.54 Å². The second kappa shape index (κ2) is 4.62. The summed E-state index contributed by atoms with van der Waals surface area (Å²) in [5.74, 6) is 0.649. The minimum absolute atomic E-state index is 0.0812. The topological polar surface area (TPSA) is 85.5 Å². The summed E-state index contributed by atoms with van der Waals surface area (Å²) in [6, 6.07) is 6.94. The minimum atomic E-state index is -0.877. The lowest BCUT2D eigenvalue weighted by molar-refractivity contribution is 0.251. The van der Waals surface area contributed by atoms with Crippen LogP contribution in [-0.4, -0.2) is 30.0 Å². The number of hydrogen-bond donors (Lipinski definition) is 3. The fourth-order valence-electron chi connectivity index (χ4n) is 1.91. The predicted molar refractivity (Wildman–Crippen MR) is 60.6 cm³/mol. The SMILES string of the molecule is N#CC1(NCCCO)COc2cc(O)ccc21. The van der Waals surface area contributed by atoms with Gasteiger partial charge < -0.3 is 14.9 Å². The summed E-state index contributed by atoms with van der Waals surface area (Å²) in [5.41, 5.74) is -0.145. The maximum Gasteiger partial charge on any atom is 0.170 e. The van der Waals surface area contributed by atoms with Crippen molar-refractivity contribution in [3.05, 3.63) is 23.8 Å². The lowest BCUT2D eigenvalue weighted by Gasteiger charge is -2.21. The van der Waals surface area contributed by atoms with Gasteiger partial charge in [0.25, 0.3) is 0 Å². The highest BCUT2D eigenvalue weighted by Gasteiger charge is 2.40. The number of nitrogens with zero attached hydrogens (tertiary/aromatic N) is 1. The third-order valence-electron chi connectivity index (χ3n) is 2.82. The van der Waals surface area contributed by atoms with E-state index in [1.807, 2.05) is 0 Å². The van der Waals surface area contributed by atoms with Crippen molar-refractivity contribution in [3.8, 4) is 17.6 Å². The number of hydrogen-bond acceptors (Lipinski definition) is 5. The average Bonchev–Trinajstić information content (AvgIpc) is 2.68. The number of phenols is 1. The first-order valence-corrected chi connectivity index (χ1v) is 5.45. The fraction of sp³-hybridized carbons (Fsp3) is 0.417. The summed E-state index contributed by atoms with van der Waals surface area (Å²) in [5, 5.41) is 30.5. The molecule has 0 spiro atoms. The number of fused-ring (bicyclic) bond motifs is 1. The van der Waals surface area contributed by atoms with Gasteiger partial charge in [0.1, 0.15) is 18.1 Å². The molecule has 90 valence electrons. The van der Waals surface area contributed by atoms with Crippen molar-refractivity contribution < 1.29 is 14.9 Å². The van der Waals surface area contributed by atoms with Gasteiger partial charge in [0.05, 0.1) is 6.07 Å². The van der Waals surface area contributed by atoms with E-state index in [0.717, 1.165) is 5.56 Å². The zero-order valence-electron chi connectivity index (χ0n) is 9.31. The van der Waals surface area contributed by atoms with Crippen LogP contribution in [0.25, 0.3) is 0 Å². The maximum absolute atomic E-state index is 9.34. The van der Waals surface area contributed by atoms with Crippen molar-refractivity contribution in [3.63, 3.8) is 0 Å². The molecule has 1 aliphatic rings. The highest BCUT2D eigenvalue weighted by Crippen LogP contribution is 2.38. The van der Waals surface area contributed by atoms with Crippen molar-refractivity contribution in [1.82, 2.24) is 5.32 Å². The quantitative estimate of drug-likeness (QED) is 0.659. The van der Waals surface area contributed by atoms with Crippen molar-refractivity contribution in [2.75, 3.05) is 19.8 Å². The van der Waals surface area contributed by atoms with E-state index in [1.54, 1.807) is 6.07 Å². The zero-order valence-corrected chi connectivity index (χ0v) is 9.31. The average molecular weight is 234 g/mol. The Morgan fingerprint density at radius 2 is 2.35 bits per heavy atom. The molecule has 3 N–H and O–H groups in total. The van der Waals surface area contributed by atoms with Crippen molar-refractivity contribution in [1.29, 1.82) is 5.26 Å². The Balaban J connectivity index is 2.25. The molecule has 0 amide bonds. The van der Waals surface area contributed by atoms with Gasteiger partial charge >= 0.3 is 0 Å². The summed E-state index contributed by atoms with van der Waals surface area (Å²) in [6.45, 7) is 0.833. The normalized spacial score (nSPS) is 21.6. The van der Waals surface area contributed by atoms with Gasteiger partial charge in [-0.1, -0.05) is 0 Å². The summed E-state index contributed by atoms with van der Waals surface area (Å²) >= 11 is 0. The van der Waals surface area contributed by atoms with Crippen LogP contribution < -0.4 is 10.1 Å². The van der Waals surface area contributed by atoms with E-state index >= 15 is 0 Å². The number of phenolic OH excluding ortho intramolecular Hbond substituents is 1. The number of aliphatic hydroxyl groups is 1. The van der Waals surface area contributed by atoms with E-state index in [4.69, 9.17) is 9.84 Å². The number of aromatic hydroxyl groups is 1.